The zero-order valence-corrected chi connectivity index (χ0v) is 14.2. The molecule has 1 unspecified atom stereocenters. The summed E-state index contributed by atoms with van der Waals surface area (Å²) < 4.78 is 6.22. The Balaban J connectivity index is 2.55. The van der Waals surface area contributed by atoms with Crippen molar-refractivity contribution in [2.45, 2.75) is 45.2 Å². The van der Waals surface area contributed by atoms with Gasteiger partial charge in [0.1, 0.15) is 11.3 Å². The maximum Gasteiger partial charge on any atom is 0.137 e. The first-order valence-corrected chi connectivity index (χ1v) is 7.83. The molecule has 0 aliphatic carbocycles. The summed E-state index contributed by atoms with van der Waals surface area (Å²) >= 11 is 0. The molecular formula is C18H28N2O. The van der Waals surface area contributed by atoms with E-state index in [2.05, 4.69) is 69.3 Å². The zero-order chi connectivity index (χ0) is 15.6. The van der Waals surface area contributed by atoms with Gasteiger partial charge in [0.25, 0.3) is 0 Å². The highest BCUT2D eigenvalue weighted by atomic mass is 16.3. The fourth-order valence-corrected chi connectivity index (χ4v) is 3.60. The second kappa shape index (κ2) is 6.20. The molecule has 2 aromatic rings. The van der Waals surface area contributed by atoms with Gasteiger partial charge in [0.15, 0.2) is 0 Å². The van der Waals surface area contributed by atoms with Crippen LogP contribution in [0, 0.1) is 6.92 Å². The minimum atomic E-state index is 0.0521. The number of nitrogens with zero attached hydrogens (tertiary/aromatic N) is 1. The summed E-state index contributed by atoms with van der Waals surface area (Å²) in [7, 11) is 6.34. The first kappa shape index (κ1) is 16.1. The lowest BCUT2D eigenvalue weighted by Crippen LogP contribution is -2.52. The molecule has 1 heterocycles. The Labute approximate surface area is 128 Å². The number of para-hydroxylation sites is 1. The number of aryl methyl sites for hydroxylation is 1. The molecular weight excluding hydrogens is 260 g/mol. The van der Waals surface area contributed by atoms with Crippen LogP contribution in [0.4, 0.5) is 0 Å². The molecule has 0 saturated heterocycles. The summed E-state index contributed by atoms with van der Waals surface area (Å²) in [6.07, 6.45) is 2.13. The summed E-state index contributed by atoms with van der Waals surface area (Å²) in [5.41, 5.74) is 2.25. The molecule has 1 aromatic heterocycles. The van der Waals surface area contributed by atoms with Crippen LogP contribution in [0.1, 0.15) is 44.1 Å². The van der Waals surface area contributed by atoms with Gasteiger partial charge in [-0.25, -0.2) is 0 Å². The van der Waals surface area contributed by atoms with E-state index in [1.807, 2.05) is 7.05 Å². The highest BCUT2D eigenvalue weighted by Crippen LogP contribution is 2.38. The Morgan fingerprint density at radius 1 is 1.24 bits per heavy atom. The van der Waals surface area contributed by atoms with Crippen molar-refractivity contribution in [3.05, 3.63) is 35.6 Å². The molecule has 0 bridgehead atoms. The lowest BCUT2D eigenvalue weighted by molar-refractivity contribution is 0.0824. The van der Waals surface area contributed by atoms with Gasteiger partial charge in [-0.2, -0.15) is 0 Å². The van der Waals surface area contributed by atoms with Gasteiger partial charge in [-0.1, -0.05) is 32.0 Å². The lowest BCUT2D eigenvalue weighted by Gasteiger charge is -2.44. The zero-order valence-electron chi connectivity index (χ0n) is 14.2. The molecule has 0 fully saturated rings. The highest BCUT2D eigenvalue weighted by Gasteiger charge is 2.39. The van der Waals surface area contributed by atoms with Gasteiger partial charge < -0.3 is 14.6 Å². The molecule has 0 aliphatic heterocycles. The maximum absolute atomic E-state index is 6.22. The van der Waals surface area contributed by atoms with E-state index in [9.17, 15) is 0 Å². The molecule has 0 radical (unpaired) electrons. The first-order chi connectivity index (χ1) is 10.00. The van der Waals surface area contributed by atoms with Crippen molar-refractivity contribution < 1.29 is 4.42 Å². The monoisotopic (exact) mass is 288 g/mol. The maximum atomic E-state index is 6.22. The average molecular weight is 288 g/mol. The smallest absolute Gasteiger partial charge is 0.137 e. The topological polar surface area (TPSA) is 28.4 Å². The Morgan fingerprint density at radius 2 is 1.90 bits per heavy atom. The molecule has 0 aliphatic rings. The van der Waals surface area contributed by atoms with Crippen molar-refractivity contribution in [1.82, 2.24) is 10.2 Å². The van der Waals surface area contributed by atoms with Gasteiger partial charge in [-0.05, 0) is 52.5 Å². The van der Waals surface area contributed by atoms with E-state index in [-0.39, 0.29) is 11.6 Å². The van der Waals surface area contributed by atoms with E-state index in [0.717, 1.165) is 24.2 Å². The number of likely N-dealkylation sites (N-methyl/N-ethyl adjacent to an activating group) is 2. The van der Waals surface area contributed by atoms with E-state index in [1.165, 1.54) is 10.9 Å². The molecule has 2 rings (SSSR count). The summed E-state index contributed by atoms with van der Waals surface area (Å²) in [5.74, 6) is 1.03. The molecule has 1 N–H and O–H groups in total. The number of nitrogens with one attached hydrogen (secondary N) is 1. The van der Waals surface area contributed by atoms with Gasteiger partial charge >= 0.3 is 0 Å². The van der Waals surface area contributed by atoms with Crippen LogP contribution in [0.25, 0.3) is 11.0 Å². The number of benzene rings is 1. The third-order valence-electron chi connectivity index (χ3n) is 4.99. The number of rotatable bonds is 6. The van der Waals surface area contributed by atoms with E-state index in [0.29, 0.717) is 0 Å². The van der Waals surface area contributed by atoms with Gasteiger partial charge in [-0.15, -0.1) is 0 Å². The van der Waals surface area contributed by atoms with Crippen LogP contribution in [0.2, 0.25) is 0 Å². The van der Waals surface area contributed by atoms with Gasteiger partial charge in [-0.3, -0.25) is 0 Å². The number of hydrogen-bond donors (Lipinski definition) is 1. The van der Waals surface area contributed by atoms with Crippen molar-refractivity contribution in [1.29, 1.82) is 0 Å². The van der Waals surface area contributed by atoms with Crippen LogP contribution in [-0.2, 0) is 0 Å². The molecule has 0 saturated carbocycles. The summed E-state index contributed by atoms with van der Waals surface area (Å²) in [4.78, 5) is 2.33. The lowest BCUT2D eigenvalue weighted by atomic mass is 9.82. The van der Waals surface area contributed by atoms with Crippen LogP contribution in [0.5, 0.6) is 0 Å². The van der Waals surface area contributed by atoms with Crippen molar-refractivity contribution in [2.75, 3.05) is 21.1 Å². The molecule has 1 atom stereocenters. The van der Waals surface area contributed by atoms with E-state index >= 15 is 0 Å². The van der Waals surface area contributed by atoms with E-state index in [4.69, 9.17) is 4.42 Å². The van der Waals surface area contributed by atoms with Crippen molar-refractivity contribution in [3.8, 4) is 0 Å². The number of furan rings is 1. The highest BCUT2D eigenvalue weighted by molar-refractivity contribution is 5.81. The van der Waals surface area contributed by atoms with Crippen molar-refractivity contribution in [3.63, 3.8) is 0 Å². The number of hydrogen-bond acceptors (Lipinski definition) is 3. The number of fused-ring (bicyclic) bond motifs is 1. The molecule has 0 spiro atoms. The molecule has 21 heavy (non-hydrogen) atoms. The molecule has 116 valence electrons. The third-order valence-corrected chi connectivity index (χ3v) is 4.99. The summed E-state index contributed by atoms with van der Waals surface area (Å²) in [6.45, 7) is 6.60. The van der Waals surface area contributed by atoms with E-state index < -0.39 is 0 Å². The Bertz CT molecular complexity index is 596. The molecule has 1 aromatic carbocycles. The quantitative estimate of drug-likeness (QED) is 0.866. The predicted molar refractivity (Wildman–Crippen MR) is 89.8 cm³/mol. The molecule has 3 heteroatoms. The van der Waals surface area contributed by atoms with Crippen LogP contribution in [0.3, 0.4) is 0 Å². The SMILES string of the molecule is CCC(CC)(C(NC)c1cc2cccc(C)c2o1)N(C)C. The minimum absolute atomic E-state index is 0.0521. The second-order valence-electron chi connectivity index (χ2n) is 6.07. The predicted octanol–water partition coefficient (Wildman–Crippen LogP) is 4.12. The van der Waals surface area contributed by atoms with E-state index in [1.54, 1.807) is 0 Å². The van der Waals surface area contributed by atoms with Crippen LogP contribution < -0.4 is 5.32 Å². The van der Waals surface area contributed by atoms with Crippen LogP contribution in [-0.4, -0.2) is 31.6 Å². The first-order valence-electron chi connectivity index (χ1n) is 7.83. The Morgan fingerprint density at radius 3 is 2.38 bits per heavy atom. The fourth-order valence-electron chi connectivity index (χ4n) is 3.60. The molecule has 0 amide bonds. The third kappa shape index (κ3) is 2.60. The standard InChI is InChI=1S/C18H28N2O/c1-7-18(8-2,20(5)6)17(19-4)15-12-14-11-9-10-13(3)16(14)21-15/h9-12,17,19H,7-8H2,1-6H3. The van der Waals surface area contributed by atoms with Crippen molar-refractivity contribution >= 4 is 11.0 Å². The Kier molecular flexibility index (Phi) is 4.74. The summed E-state index contributed by atoms with van der Waals surface area (Å²) in [6, 6.07) is 8.67. The fraction of sp³-hybridized carbons (Fsp3) is 0.556. The van der Waals surface area contributed by atoms with Crippen LogP contribution >= 0.6 is 0 Å². The Hall–Kier alpha value is -1.32. The normalized spacial score (nSPS) is 14.0. The average Bonchev–Trinajstić information content (AvgIpc) is 2.89. The van der Waals surface area contributed by atoms with Gasteiger partial charge in [0, 0.05) is 10.9 Å². The summed E-state index contributed by atoms with van der Waals surface area (Å²) in [5, 5.41) is 4.67. The van der Waals surface area contributed by atoms with Gasteiger partial charge in [0.05, 0.1) is 6.04 Å². The van der Waals surface area contributed by atoms with Crippen molar-refractivity contribution in [2.24, 2.45) is 0 Å². The van der Waals surface area contributed by atoms with Gasteiger partial charge in [0.2, 0.25) is 0 Å². The minimum Gasteiger partial charge on any atom is -0.459 e. The second-order valence-corrected chi connectivity index (χ2v) is 6.07. The largest absolute Gasteiger partial charge is 0.459 e. The molecule has 3 nitrogen and oxygen atoms in total. The van der Waals surface area contributed by atoms with Crippen LogP contribution in [0.15, 0.2) is 28.7 Å².